The largest absolute Gasteiger partial charge is 0.298 e. The summed E-state index contributed by atoms with van der Waals surface area (Å²) in [6.07, 6.45) is 0.470. The number of benzene rings is 1. The molecule has 2 heteroatoms. The summed E-state index contributed by atoms with van der Waals surface area (Å²) >= 11 is 0. The van der Waals surface area contributed by atoms with E-state index in [2.05, 4.69) is 6.07 Å². The highest BCUT2D eigenvalue weighted by molar-refractivity contribution is 5.96. The maximum atomic E-state index is 11.7. The minimum atomic E-state index is -0.484. The van der Waals surface area contributed by atoms with Crippen LogP contribution in [0.3, 0.4) is 0 Å². The van der Waals surface area contributed by atoms with Crippen molar-refractivity contribution in [2.24, 2.45) is 0 Å². The van der Waals surface area contributed by atoms with Crippen molar-refractivity contribution in [2.75, 3.05) is 0 Å². The minimum Gasteiger partial charge on any atom is -0.298 e. The maximum absolute atomic E-state index is 11.7. The average molecular weight is 185 g/mol. The Hall–Kier alpha value is -1.62. The Balaban J connectivity index is 2.74. The molecule has 1 aliphatic carbocycles. The van der Waals surface area contributed by atoms with E-state index >= 15 is 0 Å². The van der Waals surface area contributed by atoms with Gasteiger partial charge in [-0.15, -0.1) is 0 Å². The maximum Gasteiger partial charge on any atom is 0.147 e. The molecule has 0 saturated carbocycles. The van der Waals surface area contributed by atoms with Crippen LogP contribution >= 0.6 is 0 Å². The highest BCUT2D eigenvalue weighted by Crippen LogP contribution is 2.37. The summed E-state index contributed by atoms with van der Waals surface area (Å²) in [5, 5.41) is 8.96. The zero-order valence-electron chi connectivity index (χ0n) is 8.29. The summed E-state index contributed by atoms with van der Waals surface area (Å²) in [6, 6.07) is 7.70. The van der Waals surface area contributed by atoms with Crippen LogP contribution in [-0.2, 0) is 16.6 Å². The number of hydrogen-bond donors (Lipinski definition) is 0. The monoisotopic (exact) mass is 185 g/mol. The normalized spacial score (nSPS) is 17.6. The van der Waals surface area contributed by atoms with Crippen LogP contribution in [-0.4, -0.2) is 5.78 Å². The van der Waals surface area contributed by atoms with Gasteiger partial charge in [0.2, 0.25) is 0 Å². The molecule has 1 aliphatic rings. The Morgan fingerprint density at radius 2 is 2.14 bits per heavy atom. The number of nitrogens with zero attached hydrogens (tertiary/aromatic N) is 1. The first-order valence-corrected chi connectivity index (χ1v) is 4.63. The predicted octanol–water partition coefficient (Wildman–Crippen LogP) is 1.96. The summed E-state index contributed by atoms with van der Waals surface area (Å²) < 4.78 is 0. The number of carbonyl (C=O) groups is 1. The predicted molar refractivity (Wildman–Crippen MR) is 52.9 cm³/mol. The highest BCUT2D eigenvalue weighted by Gasteiger charge is 2.39. The van der Waals surface area contributed by atoms with Crippen LogP contribution in [0.1, 0.15) is 30.5 Å². The van der Waals surface area contributed by atoms with E-state index in [0.29, 0.717) is 12.0 Å². The lowest BCUT2D eigenvalue weighted by Crippen LogP contribution is -2.24. The molecule has 0 N–H and O–H groups in total. The van der Waals surface area contributed by atoms with Gasteiger partial charge in [-0.1, -0.05) is 12.1 Å². The first-order chi connectivity index (χ1) is 6.57. The van der Waals surface area contributed by atoms with E-state index in [9.17, 15) is 4.79 Å². The number of nitriles is 1. The Morgan fingerprint density at radius 1 is 1.43 bits per heavy atom. The van der Waals surface area contributed by atoms with Crippen LogP contribution in [0, 0.1) is 11.3 Å². The van der Waals surface area contributed by atoms with Crippen LogP contribution < -0.4 is 0 Å². The molecule has 14 heavy (non-hydrogen) atoms. The van der Waals surface area contributed by atoms with Crippen molar-refractivity contribution < 1.29 is 4.79 Å². The second-order valence-electron chi connectivity index (χ2n) is 4.18. The van der Waals surface area contributed by atoms with Gasteiger partial charge in [0.25, 0.3) is 0 Å². The van der Waals surface area contributed by atoms with Crippen LogP contribution in [0.5, 0.6) is 0 Å². The molecule has 2 rings (SSSR count). The fraction of sp³-hybridized carbons (Fsp3) is 0.333. The van der Waals surface area contributed by atoms with Crippen molar-refractivity contribution in [1.29, 1.82) is 5.26 Å². The van der Waals surface area contributed by atoms with E-state index in [1.165, 1.54) is 0 Å². The Morgan fingerprint density at radius 3 is 2.79 bits per heavy atom. The van der Waals surface area contributed by atoms with Crippen LogP contribution in [0.2, 0.25) is 0 Å². The van der Waals surface area contributed by atoms with E-state index in [0.717, 1.165) is 11.1 Å². The molecule has 0 aromatic heterocycles. The Bertz CT molecular complexity index is 452. The molecule has 0 amide bonds. The lowest BCUT2D eigenvalue weighted by atomic mass is 9.83. The Labute approximate surface area is 83.2 Å². The van der Waals surface area contributed by atoms with Crippen LogP contribution in [0.4, 0.5) is 0 Å². The summed E-state index contributed by atoms with van der Waals surface area (Å²) in [5.41, 5.74) is 2.09. The summed E-state index contributed by atoms with van der Waals surface area (Å²) in [4.78, 5) is 11.7. The van der Waals surface area contributed by atoms with Gasteiger partial charge in [-0.2, -0.15) is 5.26 Å². The first kappa shape index (κ1) is 8.96. The van der Waals surface area contributed by atoms with Gasteiger partial charge < -0.3 is 0 Å². The number of hydrogen-bond acceptors (Lipinski definition) is 2. The van der Waals surface area contributed by atoms with Crippen LogP contribution in [0.25, 0.3) is 0 Å². The SMILES string of the molecule is CC1(C)C(=O)Cc2cccc(C#N)c21. The first-order valence-electron chi connectivity index (χ1n) is 4.63. The molecule has 0 spiro atoms. The van der Waals surface area contributed by atoms with Crippen molar-refractivity contribution in [3.63, 3.8) is 0 Å². The molecule has 2 nitrogen and oxygen atoms in total. The topological polar surface area (TPSA) is 40.9 Å². The Kier molecular flexibility index (Phi) is 1.72. The number of Topliss-reactive ketones (excluding diaryl/α,β-unsaturated/α-hetero) is 1. The van der Waals surface area contributed by atoms with Gasteiger partial charge in [-0.3, -0.25) is 4.79 Å². The summed E-state index contributed by atoms with van der Waals surface area (Å²) in [7, 11) is 0. The number of fused-ring (bicyclic) bond motifs is 1. The zero-order valence-corrected chi connectivity index (χ0v) is 8.29. The zero-order chi connectivity index (χ0) is 10.3. The van der Waals surface area contributed by atoms with E-state index in [-0.39, 0.29) is 5.78 Å². The summed E-state index contributed by atoms with van der Waals surface area (Å²) in [5.74, 6) is 0.204. The number of rotatable bonds is 0. The van der Waals surface area contributed by atoms with Gasteiger partial charge in [0.1, 0.15) is 5.78 Å². The van der Waals surface area contributed by atoms with Crippen molar-refractivity contribution in [1.82, 2.24) is 0 Å². The van der Waals surface area contributed by atoms with E-state index in [4.69, 9.17) is 5.26 Å². The van der Waals surface area contributed by atoms with Gasteiger partial charge in [0.05, 0.1) is 17.0 Å². The van der Waals surface area contributed by atoms with Gasteiger partial charge in [-0.05, 0) is 31.0 Å². The van der Waals surface area contributed by atoms with Crippen molar-refractivity contribution in [3.05, 3.63) is 34.9 Å². The molecular weight excluding hydrogens is 174 g/mol. The quantitative estimate of drug-likeness (QED) is 0.620. The second-order valence-corrected chi connectivity index (χ2v) is 4.18. The fourth-order valence-electron chi connectivity index (χ4n) is 2.11. The van der Waals surface area contributed by atoms with E-state index < -0.39 is 5.41 Å². The van der Waals surface area contributed by atoms with E-state index in [1.54, 1.807) is 6.07 Å². The molecule has 1 aromatic carbocycles. The van der Waals surface area contributed by atoms with Gasteiger partial charge in [0.15, 0.2) is 0 Å². The third-order valence-corrected chi connectivity index (χ3v) is 2.94. The van der Waals surface area contributed by atoms with Crippen molar-refractivity contribution >= 4 is 5.78 Å². The smallest absolute Gasteiger partial charge is 0.147 e. The molecule has 0 aliphatic heterocycles. The molecule has 0 bridgehead atoms. The molecule has 0 radical (unpaired) electrons. The molecule has 0 unspecified atom stereocenters. The molecule has 0 saturated heterocycles. The molecule has 1 aromatic rings. The molecule has 0 atom stereocenters. The molecular formula is C12H11NO. The lowest BCUT2D eigenvalue weighted by Gasteiger charge is -2.18. The van der Waals surface area contributed by atoms with Gasteiger partial charge >= 0.3 is 0 Å². The van der Waals surface area contributed by atoms with Crippen molar-refractivity contribution in [3.8, 4) is 6.07 Å². The van der Waals surface area contributed by atoms with E-state index in [1.807, 2.05) is 26.0 Å². The average Bonchev–Trinajstić information content (AvgIpc) is 2.38. The second kappa shape index (κ2) is 2.68. The van der Waals surface area contributed by atoms with Crippen molar-refractivity contribution in [2.45, 2.75) is 25.7 Å². The summed E-state index contributed by atoms with van der Waals surface area (Å²) in [6.45, 7) is 3.78. The fourth-order valence-corrected chi connectivity index (χ4v) is 2.11. The third-order valence-electron chi connectivity index (χ3n) is 2.94. The third kappa shape index (κ3) is 0.990. The van der Waals surface area contributed by atoms with Crippen LogP contribution in [0.15, 0.2) is 18.2 Å². The van der Waals surface area contributed by atoms with Gasteiger partial charge in [0, 0.05) is 6.42 Å². The number of ketones is 1. The highest BCUT2D eigenvalue weighted by atomic mass is 16.1. The number of carbonyl (C=O) groups excluding carboxylic acids is 1. The molecule has 70 valence electrons. The molecule has 0 fully saturated rings. The standard InChI is InChI=1S/C12H11NO/c1-12(2)10(14)6-8-4-3-5-9(7-13)11(8)12/h3-5H,6H2,1-2H3. The van der Waals surface area contributed by atoms with Gasteiger partial charge in [-0.25, -0.2) is 0 Å². The molecule has 0 heterocycles. The lowest BCUT2D eigenvalue weighted by molar-refractivity contribution is -0.121. The minimum absolute atomic E-state index is 0.204.